The van der Waals surface area contributed by atoms with E-state index < -0.39 is 40.8 Å². The maximum atomic E-state index is 13.8. The van der Waals surface area contributed by atoms with Gasteiger partial charge in [-0.2, -0.15) is 8.78 Å². The number of benzene rings is 2. The molecule has 1 aliphatic heterocycles. The lowest BCUT2D eigenvalue weighted by Gasteiger charge is -2.31. The van der Waals surface area contributed by atoms with Gasteiger partial charge in [0.25, 0.3) is 0 Å². The van der Waals surface area contributed by atoms with E-state index in [1.807, 2.05) is 0 Å². The smallest absolute Gasteiger partial charge is 0.343 e. The zero-order valence-corrected chi connectivity index (χ0v) is 16.0. The number of ether oxygens (including phenoxy) is 2. The van der Waals surface area contributed by atoms with Gasteiger partial charge in [-0.25, -0.2) is 27.6 Å². The molecule has 1 aliphatic rings. The van der Waals surface area contributed by atoms with Crippen molar-refractivity contribution in [2.45, 2.75) is 6.42 Å². The Morgan fingerprint density at radius 1 is 1.00 bits per heavy atom. The van der Waals surface area contributed by atoms with Crippen LogP contribution in [0.2, 0.25) is 0 Å². The van der Waals surface area contributed by atoms with E-state index in [0.717, 1.165) is 12.1 Å². The monoisotopic (exact) mass is 454 g/mol. The highest BCUT2D eigenvalue weighted by atomic mass is 19.2. The van der Waals surface area contributed by atoms with Crippen molar-refractivity contribution >= 4 is 23.5 Å². The Bertz CT molecular complexity index is 1190. The maximum absolute atomic E-state index is 13.8. The van der Waals surface area contributed by atoms with Gasteiger partial charge >= 0.3 is 5.97 Å². The van der Waals surface area contributed by atoms with Crippen molar-refractivity contribution in [3.8, 4) is 11.5 Å². The van der Waals surface area contributed by atoms with Gasteiger partial charge in [0.05, 0.1) is 18.4 Å². The van der Waals surface area contributed by atoms with Crippen LogP contribution in [0.1, 0.15) is 16.8 Å². The molecule has 0 unspecified atom stereocenters. The predicted octanol–water partition coefficient (Wildman–Crippen LogP) is 2.80. The van der Waals surface area contributed by atoms with E-state index in [1.54, 1.807) is 11.9 Å². The van der Waals surface area contributed by atoms with E-state index in [9.17, 15) is 36.3 Å². The van der Waals surface area contributed by atoms with E-state index in [-0.39, 0.29) is 41.5 Å². The molecule has 1 saturated heterocycles. The molecule has 2 aromatic carbocycles. The van der Waals surface area contributed by atoms with Crippen LogP contribution in [0.5, 0.6) is 11.5 Å². The van der Waals surface area contributed by atoms with E-state index >= 15 is 0 Å². The number of methoxy groups -OCH3 is 1. The average Bonchev–Trinajstić information content (AvgIpc) is 2.83. The molecule has 0 atom stereocenters. The van der Waals surface area contributed by atoms with Gasteiger partial charge in [-0.1, -0.05) is 0 Å². The Kier molecular flexibility index (Phi) is 6.29. The molecule has 0 bridgehead atoms. The molecule has 1 fully saturated rings. The van der Waals surface area contributed by atoms with Crippen LogP contribution in [0.25, 0.3) is 0 Å². The lowest BCUT2D eigenvalue weighted by atomic mass is 10.1. The zero-order chi connectivity index (χ0) is 23.6. The first-order chi connectivity index (χ1) is 15.2. The number of hydrogen-bond donors (Lipinski definition) is 1. The molecule has 0 radical (unpaired) electrons. The zero-order valence-electron chi connectivity index (χ0n) is 16.0. The fraction of sp³-hybridized carbons (Fsp3) is 0.150. The Morgan fingerprint density at radius 3 is 2.19 bits per heavy atom. The summed E-state index contributed by atoms with van der Waals surface area (Å²) in [6.45, 7) is 0.0641. The van der Waals surface area contributed by atoms with Gasteiger partial charge in [0.15, 0.2) is 11.8 Å². The summed E-state index contributed by atoms with van der Waals surface area (Å²) in [5.74, 6) is -11.7. The van der Waals surface area contributed by atoms with Crippen molar-refractivity contribution in [1.82, 2.24) is 5.32 Å². The van der Waals surface area contributed by atoms with Crippen LogP contribution in [-0.2, 0) is 9.59 Å². The second kappa shape index (κ2) is 8.93. The number of anilines is 1. The van der Waals surface area contributed by atoms with Gasteiger partial charge in [-0.05, 0) is 18.2 Å². The van der Waals surface area contributed by atoms with Crippen molar-refractivity contribution in [3.63, 3.8) is 0 Å². The number of rotatable bonds is 4. The number of nitrogens with one attached hydrogen (secondary N) is 1. The molecule has 2 aromatic rings. The standard InChI is InChI=1S/C20H11F5N2O5/c1-31-12-3-2-9(6-11(12)27-5-4-10(7-28)26-13(27)8-29)20(30)32-19-17(24)15(22)14(21)16(23)18(19)25/h2-3,6,26H,4-5H2,1H3. The summed E-state index contributed by atoms with van der Waals surface area (Å²) < 4.78 is 77.1. The molecule has 1 N–H and O–H groups in total. The third-order valence-electron chi connectivity index (χ3n) is 4.41. The normalized spacial score (nSPS) is 13.2. The summed E-state index contributed by atoms with van der Waals surface area (Å²) in [6.07, 6.45) is 0.136. The van der Waals surface area contributed by atoms with Crippen molar-refractivity contribution < 1.29 is 45.8 Å². The molecule has 3 rings (SSSR count). The van der Waals surface area contributed by atoms with E-state index in [1.165, 1.54) is 18.1 Å². The van der Waals surface area contributed by atoms with Gasteiger partial charge in [-0.15, -0.1) is 0 Å². The summed E-state index contributed by atoms with van der Waals surface area (Å²) in [6, 6.07) is 3.45. The molecular formula is C20H11F5N2O5. The van der Waals surface area contributed by atoms with Crippen molar-refractivity contribution in [3.05, 3.63) is 64.4 Å². The van der Waals surface area contributed by atoms with Gasteiger partial charge in [0.2, 0.25) is 34.8 Å². The van der Waals surface area contributed by atoms with Crippen LogP contribution in [-0.4, -0.2) is 31.5 Å². The topological polar surface area (TPSA) is 84.9 Å². The van der Waals surface area contributed by atoms with Gasteiger partial charge in [0.1, 0.15) is 17.4 Å². The lowest BCUT2D eigenvalue weighted by Crippen LogP contribution is -2.39. The minimum absolute atomic E-state index is 0.0641. The fourth-order valence-electron chi connectivity index (χ4n) is 2.86. The Morgan fingerprint density at radius 2 is 1.62 bits per heavy atom. The van der Waals surface area contributed by atoms with E-state index in [0.29, 0.717) is 0 Å². The van der Waals surface area contributed by atoms with E-state index in [2.05, 4.69) is 10.1 Å². The summed E-state index contributed by atoms with van der Waals surface area (Å²) in [5, 5.41) is 2.50. The largest absolute Gasteiger partial charge is 0.495 e. The first-order valence-corrected chi connectivity index (χ1v) is 8.68. The average molecular weight is 454 g/mol. The predicted molar refractivity (Wildman–Crippen MR) is 97.7 cm³/mol. The van der Waals surface area contributed by atoms with Crippen LogP contribution < -0.4 is 19.7 Å². The van der Waals surface area contributed by atoms with Crippen molar-refractivity contribution in [2.24, 2.45) is 0 Å². The van der Waals surface area contributed by atoms with Crippen LogP contribution in [0.3, 0.4) is 0 Å². The lowest BCUT2D eigenvalue weighted by molar-refractivity contribution is 0.0716. The Hall–Kier alpha value is -4.14. The summed E-state index contributed by atoms with van der Waals surface area (Å²) in [7, 11) is 1.28. The molecule has 166 valence electrons. The first-order valence-electron chi connectivity index (χ1n) is 8.68. The SMILES string of the molecule is COc1ccc(C(=O)Oc2c(F)c(F)c(F)c(F)c2F)cc1N1CCC(=C=O)NC1=C=O. The molecule has 0 saturated carbocycles. The second-order valence-electron chi connectivity index (χ2n) is 6.23. The first kappa shape index (κ1) is 22.5. The minimum atomic E-state index is -2.40. The molecule has 12 heteroatoms. The molecule has 0 aliphatic carbocycles. The van der Waals surface area contributed by atoms with E-state index in [4.69, 9.17) is 4.74 Å². The number of hydrogen-bond acceptors (Lipinski definition) is 7. The molecule has 0 spiro atoms. The summed E-state index contributed by atoms with van der Waals surface area (Å²) >= 11 is 0. The molecule has 0 aromatic heterocycles. The second-order valence-corrected chi connectivity index (χ2v) is 6.23. The summed E-state index contributed by atoms with van der Waals surface area (Å²) in [5.41, 5.74) is -0.192. The minimum Gasteiger partial charge on any atom is -0.495 e. The number of carbonyl (C=O) groups excluding carboxylic acids is 3. The number of nitrogens with zero attached hydrogens (tertiary/aromatic N) is 1. The number of carbonyl (C=O) groups is 1. The van der Waals surface area contributed by atoms with Crippen LogP contribution >= 0.6 is 0 Å². The maximum Gasteiger partial charge on any atom is 0.343 e. The quantitative estimate of drug-likeness (QED) is 0.190. The van der Waals surface area contributed by atoms with Crippen molar-refractivity contribution in [1.29, 1.82) is 0 Å². The molecular weight excluding hydrogens is 443 g/mol. The molecule has 0 amide bonds. The highest BCUT2D eigenvalue weighted by molar-refractivity contribution is 5.93. The molecule has 32 heavy (non-hydrogen) atoms. The van der Waals surface area contributed by atoms with Crippen LogP contribution in [0, 0.1) is 29.1 Å². The van der Waals surface area contributed by atoms with Gasteiger partial charge < -0.3 is 19.7 Å². The Labute approximate surface area is 176 Å². The van der Waals surface area contributed by atoms with Crippen molar-refractivity contribution in [2.75, 3.05) is 18.6 Å². The van der Waals surface area contributed by atoms with Crippen LogP contribution in [0.15, 0.2) is 29.7 Å². The number of esters is 1. The van der Waals surface area contributed by atoms with Crippen LogP contribution in [0.4, 0.5) is 27.6 Å². The Balaban J connectivity index is 2.00. The number of halogens is 5. The highest BCUT2D eigenvalue weighted by Gasteiger charge is 2.30. The van der Waals surface area contributed by atoms with Gasteiger partial charge in [-0.3, -0.25) is 0 Å². The fourth-order valence-corrected chi connectivity index (χ4v) is 2.86. The molecule has 1 heterocycles. The summed E-state index contributed by atoms with van der Waals surface area (Å²) in [4.78, 5) is 35.8. The highest BCUT2D eigenvalue weighted by Crippen LogP contribution is 2.34. The third kappa shape index (κ3) is 3.92. The van der Waals surface area contributed by atoms with Gasteiger partial charge in [0, 0.05) is 13.0 Å². The third-order valence-corrected chi connectivity index (χ3v) is 4.41. The molecule has 7 nitrogen and oxygen atoms in total.